The molecule has 104 valence electrons. The van der Waals surface area contributed by atoms with Crippen molar-refractivity contribution in [2.75, 3.05) is 7.11 Å². The first-order valence-electron chi connectivity index (χ1n) is 6.75. The number of carbonyl (C=O) groups excluding carboxylic acids is 1. The molecule has 20 heavy (non-hydrogen) atoms. The van der Waals surface area contributed by atoms with Crippen LogP contribution in [-0.2, 0) is 6.42 Å². The lowest BCUT2D eigenvalue weighted by atomic mass is 9.99. The quantitative estimate of drug-likeness (QED) is 0.782. The van der Waals surface area contributed by atoms with Gasteiger partial charge >= 0.3 is 0 Å². The van der Waals surface area contributed by atoms with Gasteiger partial charge in [-0.1, -0.05) is 30.3 Å². The van der Waals surface area contributed by atoms with Crippen LogP contribution in [0.4, 0.5) is 0 Å². The summed E-state index contributed by atoms with van der Waals surface area (Å²) in [6, 6.07) is 11.8. The Morgan fingerprint density at radius 2 is 1.65 bits per heavy atom. The van der Waals surface area contributed by atoms with Crippen LogP contribution >= 0.6 is 0 Å². The summed E-state index contributed by atoms with van der Waals surface area (Å²) in [6.45, 7) is 6.11. The third-order valence-corrected chi connectivity index (χ3v) is 3.67. The van der Waals surface area contributed by atoms with Crippen molar-refractivity contribution in [3.63, 3.8) is 0 Å². The molecule has 0 spiro atoms. The minimum absolute atomic E-state index is 0.117. The van der Waals surface area contributed by atoms with Crippen molar-refractivity contribution in [1.82, 2.24) is 0 Å². The van der Waals surface area contributed by atoms with Gasteiger partial charge in [0.15, 0.2) is 5.78 Å². The Kier molecular flexibility index (Phi) is 4.23. The Hall–Kier alpha value is -2.09. The molecule has 0 radical (unpaired) electrons. The molecule has 0 aliphatic heterocycles. The molecule has 0 bridgehead atoms. The molecule has 2 aromatic rings. The molecule has 2 nitrogen and oxygen atoms in total. The molecule has 0 saturated heterocycles. The number of hydrogen-bond acceptors (Lipinski definition) is 2. The van der Waals surface area contributed by atoms with Gasteiger partial charge in [-0.15, -0.1) is 0 Å². The number of carbonyl (C=O) groups is 1. The van der Waals surface area contributed by atoms with Crippen LogP contribution in [0.15, 0.2) is 36.4 Å². The summed E-state index contributed by atoms with van der Waals surface area (Å²) >= 11 is 0. The van der Waals surface area contributed by atoms with Gasteiger partial charge in [-0.2, -0.15) is 0 Å². The van der Waals surface area contributed by atoms with Gasteiger partial charge < -0.3 is 4.74 Å². The lowest BCUT2D eigenvalue weighted by molar-refractivity contribution is 0.0992. The van der Waals surface area contributed by atoms with E-state index in [9.17, 15) is 4.79 Å². The highest BCUT2D eigenvalue weighted by Gasteiger charge is 2.10. The maximum absolute atomic E-state index is 12.3. The average molecular weight is 268 g/mol. The number of hydrogen-bond donors (Lipinski definition) is 0. The van der Waals surface area contributed by atoms with E-state index < -0.39 is 0 Å². The summed E-state index contributed by atoms with van der Waals surface area (Å²) in [5.74, 6) is 0.877. The summed E-state index contributed by atoms with van der Waals surface area (Å²) in [5, 5.41) is 0. The summed E-state index contributed by atoms with van der Waals surface area (Å²) in [4.78, 5) is 12.3. The Morgan fingerprint density at radius 3 is 2.30 bits per heavy atom. The fourth-order valence-corrected chi connectivity index (χ4v) is 2.19. The fourth-order valence-electron chi connectivity index (χ4n) is 2.19. The average Bonchev–Trinajstić information content (AvgIpc) is 2.43. The van der Waals surface area contributed by atoms with Gasteiger partial charge in [0.1, 0.15) is 5.75 Å². The van der Waals surface area contributed by atoms with Gasteiger partial charge in [0.2, 0.25) is 0 Å². The van der Waals surface area contributed by atoms with Gasteiger partial charge in [0, 0.05) is 12.0 Å². The van der Waals surface area contributed by atoms with E-state index in [4.69, 9.17) is 4.74 Å². The van der Waals surface area contributed by atoms with E-state index in [-0.39, 0.29) is 5.78 Å². The van der Waals surface area contributed by atoms with E-state index in [1.165, 1.54) is 11.1 Å². The molecule has 0 aliphatic rings. The minimum atomic E-state index is 0.117. The highest BCUT2D eigenvalue weighted by atomic mass is 16.5. The Labute approximate surface area is 120 Å². The summed E-state index contributed by atoms with van der Waals surface area (Å²) < 4.78 is 5.27. The third-order valence-electron chi connectivity index (χ3n) is 3.67. The SMILES string of the molecule is COc1cc(C(=O)Cc2ccc(C)c(C)c2)ccc1C. The van der Waals surface area contributed by atoms with Crippen LogP contribution in [0.5, 0.6) is 5.75 Å². The van der Waals surface area contributed by atoms with E-state index in [2.05, 4.69) is 26.0 Å². The Bertz CT molecular complexity index is 642. The molecule has 0 fully saturated rings. The maximum atomic E-state index is 12.3. The number of ketones is 1. The van der Waals surface area contributed by atoms with Crippen molar-refractivity contribution < 1.29 is 9.53 Å². The lowest BCUT2D eigenvalue weighted by Crippen LogP contribution is -2.04. The predicted molar refractivity (Wildman–Crippen MR) is 81.7 cm³/mol. The van der Waals surface area contributed by atoms with Gasteiger partial charge in [-0.05, 0) is 49.1 Å². The van der Waals surface area contributed by atoms with Gasteiger partial charge in [0.25, 0.3) is 0 Å². The largest absolute Gasteiger partial charge is 0.496 e. The molecule has 0 atom stereocenters. The molecule has 0 amide bonds. The van der Waals surface area contributed by atoms with Crippen LogP contribution in [-0.4, -0.2) is 12.9 Å². The molecule has 0 saturated carbocycles. The van der Waals surface area contributed by atoms with Crippen molar-refractivity contribution in [1.29, 1.82) is 0 Å². The standard InChI is InChI=1S/C18H20O2/c1-12-5-7-15(9-14(12)3)10-17(19)16-8-6-13(2)18(11-16)20-4/h5-9,11H,10H2,1-4H3. The lowest BCUT2D eigenvalue weighted by Gasteiger charge is -2.08. The number of benzene rings is 2. The normalized spacial score (nSPS) is 10.4. The summed E-state index contributed by atoms with van der Waals surface area (Å²) in [6.07, 6.45) is 0.424. The number of methoxy groups -OCH3 is 1. The maximum Gasteiger partial charge on any atom is 0.167 e. The molecule has 0 N–H and O–H groups in total. The van der Waals surface area contributed by atoms with Crippen LogP contribution in [0.25, 0.3) is 0 Å². The molecule has 0 aliphatic carbocycles. The molecule has 0 heterocycles. The fraction of sp³-hybridized carbons (Fsp3) is 0.278. The monoisotopic (exact) mass is 268 g/mol. The second-order valence-electron chi connectivity index (χ2n) is 5.20. The van der Waals surface area contributed by atoms with E-state index in [0.29, 0.717) is 12.0 Å². The smallest absolute Gasteiger partial charge is 0.167 e. The zero-order valence-electron chi connectivity index (χ0n) is 12.5. The van der Waals surface area contributed by atoms with Gasteiger partial charge in [-0.3, -0.25) is 4.79 Å². The van der Waals surface area contributed by atoms with E-state index in [1.54, 1.807) is 7.11 Å². The first-order chi connectivity index (χ1) is 9.51. The second-order valence-corrected chi connectivity index (χ2v) is 5.20. The topological polar surface area (TPSA) is 26.3 Å². The number of Topliss-reactive ketones (excluding diaryl/α,β-unsaturated/α-hetero) is 1. The van der Waals surface area contributed by atoms with Crippen molar-refractivity contribution in [2.45, 2.75) is 27.2 Å². The molecule has 2 rings (SSSR count). The van der Waals surface area contributed by atoms with Crippen LogP contribution in [0.2, 0.25) is 0 Å². The minimum Gasteiger partial charge on any atom is -0.496 e. The molecular formula is C18H20O2. The van der Waals surface area contributed by atoms with E-state index >= 15 is 0 Å². The van der Waals surface area contributed by atoms with Gasteiger partial charge in [-0.25, -0.2) is 0 Å². The first kappa shape index (κ1) is 14.3. The summed E-state index contributed by atoms with van der Waals surface area (Å²) in [5.41, 5.74) is 5.26. The molecule has 0 unspecified atom stereocenters. The first-order valence-corrected chi connectivity index (χ1v) is 6.75. The van der Waals surface area contributed by atoms with E-state index in [1.807, 2.05) is 31.2 Å². The Morgan fingerprint density at radius 1 is 0.950 bits per heavy atom. The van der Waals surface area contributed by atoms with Crippen LogP contribution in [0.1, 0.15) is 32.6 Å². The number of rotatable bonds is 4. The van der Waals surface area contributed by atoms with Crippen LogP contribution in [0, 0.1) is 20.8 Å². The third kappa shape index (κ3) is 3.08. The van der Waals surface area contributed by atoms with Crippen molar-refractivity contribution in [3.8, 4) is 5.75 Å². The molecule has 2 aromatic carbocycles. The Balaban J connectivity index is 2.21. The second kappa shape index (κ2) is 5.91. The van der Waals surface area contributed by atoms with E-state index in [0.717, 1.165) is 16.9 Å². The van der Waals surface area contributed by atoms with Crippen LogP contribution < -0.4 is 4.74 Å². The zero-order chi connectivity index (χ0) is 14.7. The molecular weight excluding hydrogens is 248 g/mol. The van der Waals surface area contributed by atoms with Gasteiger partial charge in [0.05, 0.1) is 7.11 Å². The highest BCUT2D eigenvalue weighted by molar-refractivity contribution is 5.98. The molecule has 0 aromatic heterocycles. The molecule has 2 heteroatoms. The number of aryl methyl sites for hydroxylation is 3. The van der Waals surface area contributed by atoms with Crippen molar-refractivity contribution in [2.24, 2.45) is 0 Å². The summed E-state index contributed by atoms with van der Waals surface area (Å²) in [7, 11) is 1.62. The zero-order valence-corrected chi connectivity index (χ0v) is 12.5. The van der Waals surface area contributed by atoms with Crippen LogP contribution in [0.3, 0.4) is 0 Å². The number of ether oxygens (including phenoxy) is 1. The van der Waals surface area contributed by atoms with Crippen molar-refractivity contribution >= 4 is 5.78 Å². The van der Waals surface area contributed by atoms with Crippen molar-refractivity contribution in [3.05, 3.63) is 64.2 Å². The predicted octanol–water partition coefficient (Wildman–Crippen LogP) is 4.05. The highest BCUT2D eigenvalue weighted by Crippen LogP contribution is 2.20.